The lowest BCUT2D eigenvalue weighted by atomic mass is 9.88. The maximum Gasteiger partial charge on any atom is 0.417 e. The zero-order valence-corrected chi connectivity index (χ0v) is 32.7. The summed E-state index contributed by atoms with van der Waals surface area (Å²) >= 11 is 0. The Kier molecular flexibility index (Phi) is 14.2. The number of alkyl carbamates (subject to hydrolysis) is 2. The number of ether oxygens (including phenoxy) is 3. The number of anilines is 1. The highest BCUT2D eigenvalue weighted by atomic mass is 16.6. The van der Waals surface area contributed by atoms with Crippen LogP contribution < -0.4 is 10.2 Å². The average molecular weight is 727 g/mol. The molecule has 11 heteroatoms. The Morgan fingerprint density at radius 3 is 1.89 bits per heavy atom. The van der Waals surface area contributed by atoms with Crippen LogP contribution in [-0.4, -0.2) is 59.0 Å². The van der Waals surface area contributed by atoms with Gasteiger partial charge < -0.3 is 19.1 Å². The number of hydrogen-bond acceptors (Lipinski definition) is 8. The van der Waals surface area contributed by atoms with E-state index < -0.39 is 35.1 Å². The summed E-state index contributed by atoms with van der Waals surface area (Å²) < 4.78 is 15.4. The predicted molar refractivity (Wildman–Crippen MR) is 205 cm³/mol. The number of carbonyl (C=O) groups excluding carboxylic acids is 4. The maximum absolute atomic E-state index is 13.5. The Morgan fingerprint density at radius 1 is 0.774 bits per heavy atom. The Labute approximate surface area is 314 Å². The van der Waals surface area contributed by atoms with Crippen LogP contribution in [0.3, 0.4) is 0 Å². The number of nitrogens with zero attached hydrogens (tertiary/aromatic N) is 3. The van der Waals surface area contributed by atoms with Crippen molar-refractivity contribution in [3.63, 3.8) is 0 Å². The van der Waals surface area contributed by atoms with E-state index in [2.05, 4.69) is 37.3 Å². The first-order valence-corrected chi connectivity index (χ1v) is 17.8. The summed E-state index contributed by atoms with van der Waals surface area (Å²) in [6.07, 6.45) is -0.278. The minimum Gasteiger partial charge on any atom is -0.443 e. The Bertz CT molecular complexity index is 1760. The molecule has 0 unspecified atom stereocenters. The van der Waals surface area contributed by atoms with Gasteiger partial charge in [-0.1, -0.05) is 48.0 Å². The lowest BCUT2D eigenvalue weighted by molar-refractivity contribution is 0.0352. The smallest absolute Gasteiger partial charge is 0.417 e. The van der Waals surface area contributed by atoms with Gasteiger partial charge in [0.05, 0.1) is 18.2 Å². The van der Waals surface area contributed by atoms with Crippen LogP contribution in [0.5, 0.6) is 0 Å². The zero-order valence-electron chi connectivity index (χ0n) is 32.7. The summed E-state index contributed by atoms with van der Waals surface area (Å²) in [7, 11) is 0. The molecule has 3 aromatic rings. The van der Waals surface area contributed by atoms with Crippen LogP contribution in [0.25, 0.3) is 0 Å². The van der Waals surface area contributed by atoms with Crippen molar-refractivity contribution in [1.82, 2.24) is 10.2 Å². The van der Waals surface area contributed by atoms with Gasteiger partial charge >= 0.3 is 18.3 Å². The molecule has 4 rings (SSSR count). The fourth-order valence-electron chi connectivity index (χ4n) is 5.52. The number of amides is 4. The number of aryl methyl sites for hydroxylation is 1. The number of likely N-dealkylation sites (tertiary alicyclic amines) is 1. The second-order valence-electron chi connectivity index (χ2n) is 16.0. The average Bonchev–Trinajstić information content (AvgIpc) is 3.05. The zero-order chi connectivity index (χ0) is 39.6. The normalized spacial score (nSPS) is 13.4. The van der Waals surface area contributed by atoms with Crippen molar-refractivity contribution in [3.8, 4) is 6.07 Å². The van der Waals surface area contributed by atoms with Crippen LogP contribution in [0, 0.1) is 18.3 Å². The van der Waals surface area contributed by atoms with Gasteiger partial charge in [0, 0.05) is 24.3 Å². The largest absolute Gasteiger partial charge is 0.443 e. The molecule has 0 atom stereocenters. The molecule has 53 heavy (non-hydrogen) atoms. The minimum atomic E-state index is -0.809. The van der Waals surface area contributed by atoms with Crippen LogP contribution in [0.2, 0.25) is 0 Å². The third kappa shape index (κ3) is 14.6. The van der Waals surface area contributed by atoms with Gasteiger partial charge in [-0.15, -0.1) is 0 Å². The molecule has 1 heterocycles. The fourth-order valence-corrected chi connectivity index (χ4v) is 5.52. The number of benzene rings is 3. The van der Waals surface area contributed by atoms with Crippen LogP contribution in [0.15, 0.2) is 72.8 Å². The number of carbonyl (C=O) groups is 4. The number of nitrogens with one attached hydrogen (secondary N) is 1. The first-order valence-electron chi connectivity index (χ1n) is 17.8. The van der Waals surface area contributed by atoms with E-state index in [-0.39, 0.29) is 12.5 Å². The van der Waals surface area contributed by atoms with Gasteiger partial charge in [0.25, 0.3) is 5.91 Å². The summed E-state index contributed by atoms with van der Waals surface area (Å²) in [6.45, 7) is 19.4. The van der Waals surface area contributed by atoms with E-state index in [4.69, 9.17) is 14.2 Å². The SMILES string of the molecule is CC(C)(C)OC(=O)NC(=O)OC(C)(C)C.Cc1cccc(C2CCN(C(=O)c3cccc(N(Cc4cccc(C#N)c4)C(=O)OC(C)(C)C)c3)CC2)c1. The number of piperidine rings is 1. The van der Waals surface area contributed by atoms with E-state index in [0.29, 0.717) is 35.8 Å². The van der Waals surface area contributed by atoms with Gasteiger partial charge in [-0.05, 0) is 129 Å². The monoisotopic (exact) mass is 726 g/mol. The second kappa shape index (κ2) is 17.9. The van der Waals surface area contributed by atoms with Gasteiger partial charge in [-0.3, -0.25) is 9.69 Å². The summed E-state index contributed by atoms with van der Waals surface area (Å²) in [5, 5.41) is 11.3. The van der Waals surface area contributed by atoms with Crippen molar-refractivity contribution < 1.29 is 33.4 Å². The summed E-state index contributed by atoms with van der Waals surface area (Å²) in [5.74, 6) is 0.419. The van der Waals surface area contributed by atoms with E-state index in [1.54, 1.807) is 84.0 Å². The highest BCUT2D eigenvalue weighted by Gasteiger charge is 2.28. The topological polar surface area (TPSA) is 138 Å². The molecule has 4 amide bonds. The van der Waals surface area contributed by atoms with Crippen LogP contribution in [-0.2, 0) is 20.8 Å². The molecule has 3 aromatic carbocycles. The summed E-state index contributed by atoms with van der Waals surface area (Å²) in [4.78, 5) is 52.4. The van der Waals surface area contributed by atoms with Crippen molar-refractivity contribution >= 4 is 29.9 Å². The first-order chi connectivity index (χ1) is 24.6. The van der Waals surface area contributed by atoms with E-state index in [1.165, 1.54) is 16.0 Å². The highest BCUT2D eigenvalue weighted by Crippen LogP contribution is 2.30. The third-order valence-electron chi connectivity index (χ3n) is 7.71. The van der Waals surface area contributed by atoms with Crippen molar-refractivity contribution in [1.29, 1.82) is 5.26 Å². The standard InChI is InChI=1S/C32H35N3O3.C10H19NO4/c1-23-8-5-11-27(18-23)26-14-16-34(17-15-26)30(36)28-12-7-13-29(20-28)35(31(37)38-32(2,3)4)22-25-10-6-9-24(19-25)21-33;1-9(2,3)14-7(12)11-8(13)15-10(4,5)6/h5-13,18-20,26H,14-17,22H2,1-4H3;1-6H3,(H,11,12,13). The van der Waals surface area contributed by atoms with E-state index in [9.17, 15) is 24.4 Å². The lowest BCUT2D eigenvalue weighted by Gasteiger charge is -2.33. The highest BCUT2D eigenvalue weighted by molar-refractivity contribution is 5.97. The lowest BCUT2D eigenvalue weighted by Crippen LogP contribution is -2.39. The van der Waals surface area contributed by atoms with E-state index >= 15 is 0 Å². The van der Waals surface area contributed by atoms with Crippen molar-refractivity contribution in [2.45, 2.75) is 111 Å². The molecule has 1 fully saturated rings. The first kappa shape index (κ1) is 42.0. The Hall–Kier alpha value is -5.37. The number of hydrogen-bond donors (Lipinski definition) is 1. The molecular weight excluding hydrogens is 672 g/mol. The molecule has 0 aromatic heterocycles. The molecule has 0 aliphatic carbocycles. The van der Waals surface area contributed by atoms with Crippen LogP contribution >= 0.6 is 0 Å². The molecule has 1 aliphatic heterocycles. The molecular formula is C42H54N4O7. The van der Waals surface area contributed by atoms with E-state index in [1.807, 2.05) is 37.1 Å². The molecule has 1 aliphatic rings. The predicted octanol–water partition coefficient (Wildman–Crippen LogP) is 9.27. The van der Waals surface area contributed by atoms with E-state index in [0.717, 1.165) is 18.4 Å². The van der Waals surface area contributed by atoms with Gasteiger partial charge in [0.1, 0.15) is 16.8 Å². The molecule has 1 saturated heterocycles. The number of rotatable bonds is 5. The van der Waals surface area contributed by atoms with Gasteiger partial charge in [-0.25, -0.2) is 19.7 Å². The molecule has 0 saturated carbocycles. The molecule has 0 bridgehead atoms. The molecule has 0 radical (unpaired) electrons. The third-order valence-corrected chi connectivity index (χ3v) is 7.71. The molecule has 11 nitrogen and oxygen atoms in total. The van der Waals surface area contributed by atoms with Crippen LogP contribution in [0.4, 0.5) is 20.1 Å². The maximum atomic E-state index is 13.5. The van der Waals surface area contributed by atoms with Gasteiger partial charge in [0.15, 0.2) is 0 Å². The van der Waals surface area contributed by atoms with Gasteiger partial charge in [0.2, 0.25) is 0 Å². The number of nitriles is 1. The van der Waals surface area contributed by atoms with Crippen LogP contribution in [0.1, 0.15) is 114 Å². The van der Waals surface area contributed by atoms with Crippen molar-refractivity contribution in [2.75, 3.05) is 18.0 Å². The Balaban J connectivity index is 0.000000426. The van der Waals surface area contributed by atoms with Crippen molar-refractivity contribution in [3.05, 3.63) is 101 Å². The minimum absolute atomic E-state index is 0.0369. The number of imide groups is 1. The fraction of sp³-hybridized carbons (Fsp3) is 0.452. The Morgan fingerprint density at radius 2 is 1.34 bits per heavy atom. The van der Waals surface area contributed by atoms with Gasteiger partial charge in [-0.2, -0.15) is 5.26 Å². The molecule has 284 valence electrons. The quantitative estimate of drug-likeness (QED) is 0.257. The molecule has 0 spiro atoms. The van der Waals surface area contributed by atoms with Crippen molar-refractivity contribution in [2.24, 2.45) is 0 Å². The molecule has 1 N–H and O–H groups in total. The second-order valence-corrected chi connectivity index (χ2v) is 16.0. The summed E-state index contributed by atoms with van der Waals surface area (Å²) in [5.41, 5.74) is 3.07. The summed E-state index contributed by atoms with van der Waals surface area (Å²) in [6, 6.07) is 25.1.